The molecule has 0 unspecified atom stereocenters. The molecule has 0 saturated carbocycles. The molecule has 5 heteroatoms. The molecule has 4 rings (SSSR count). The third kappa shape index (κ3) is 3.57. The highest BCUT2D eigenvalue weighted by atomic mass is 16.6. The Hall–Kier alpha value is -3.21. The average Bonchev–Trinajstić information content (AvgIpc) is 3.15. The van der Waals surface area contributed by atoms with Crippen LogP contribution in [-0.2, 0) is 17.6 Å². The topological polar surface area (TPSA) is 68.0 Å². The number of nitrogens with one attached hydrogen (secondary N) is 1. The lowest BCUT2D eigenvalue weighted by Crippen LogP contribution is -2.09. The first-order valence-corrected chi connectivity index (χ1v) is 8.78. The minimum Gasteiger partial charge on any atom is -0.302 e. The van der Waals surface area contributed by atoms with Gasteiger partial charge >= 0.3 is 0 Å². The molecule has 0 aliphatic heterocycles. The fourth-order valence-electron chi connectivity index (χ4n) is 3.24. The lowest BCUT2D eigenvalue weighted by molar-refractivity contribution is -0.111. The molecule has 1 N–H and O–H groups in total. The average molecular weight is 345 g/mol. The van der Waals surface area contributed by atoms with Gasteiger partial charge in [-0.3, -0.25) is 4.79 Å². The minimum atomic E-state index is -0.274. The van der Waals surface area contributed by atoms with Crippen LogP contribution in [0.5, 0.6) is 0 Å². The van der Waals surface area contributed by atoms with Crippen LogP contribution in [0.15, 0.2) is 59.2 Å². The smallest absolute Gasteiger partial charge is 0.249 e. The minimum absolute atomic E-state index is 0.274. The molecular formula is C21H19N3O2. The highest BCUT2D eigenvalue weighted by Gasteiger charge is 2.17. The maximum absolute atomic E-state index is 12.2. The Labute approximate surface area is 151 Å². The number of amides is 1. The standard InChI is InChI=1S/C21H19N3O2/c25-19(13-10-15-6-2-1-3-7-15)22-21-20(23-26-24-21)18-12-11-16-8-4-5-9-17(16)14-18/h1-3,6-7,10-14H,4-5,8-9H2,(H,22,24,25)/b13-10+. The van der Waals surface area contributed by atoms with Gasteiger partial charge in [-0.15, -0.1) is 0 Å². The molecular weight excluding hydrogens is 326 g/mol. The summed E-state index contributed by atoms with van der Waals surface area (Å²) in [6, 6.07) is 15.9. The van der Waals surface area contributed by atoms with Gasteiger partial charge in [0.25, 0.3) is 0 Å². The summed E-state index contributed by atoms with van der Waals surface area (Å²) in [5.74, 6) is 0.0623. The molecule has 0 saturated heterocycles. The van der Waals surface area contributed by atoms with Gasteiger partial charge in [0.1, 0.15) is 0 Å². The molecule has 1 heterocycles. The van der Waals surface area contributed by atoms with Crippen molar-refractivity contribution in [1.29, 1.82) is 0 Å². The molecule has 1 amide bonds. The zero-order valence-corrected chi connectivity index (χ0v) is 14.3. The van der Waals surface area contributed by atoms with Gasteiger partial charge in [0, 0.05) is 11.6 Å². The molecule has 1 aliphatic rings. The number of hydrogen-bond donors (Lipinski definition) is 1. The Balaban J connectivity index is 1.52. The van der Waals surface area contributed by atoms with E-state index in [1.165, 1.54) is 30.0 Å². The molecule has 0 spiro atoms. The normalized spacial score (nSPS) is 13.5. The van der Waals surface area contributed by atoms with Crippen molar-refractivity contribution in [2.75, 3.05) is 5.32 Å². The van der Waals surface area contributed by atoms with Crippen LogP contribution in [0.2, 0.25) is 0 Å². The second-order valence-electron chi connectivity index (χ2n) is 6.39. The Morgan fingerprint density at radius 3 is 2.65 bits per heavy atom. The monoisotopic (exact) mass is 345 g/mol. The van der Waals surface area contributed by atoms with Crippen LogP contribution < -0.4 is 5.32 Å². The maximum atomic E-state index is 12.2. The highest BCUT2D eigenvalue weighted by Crippen LogP contribution is 2.29. The number of hydrogen-bond acceptors (Lipinski definition) is 4. The Bertz CT molecular complexity index is 945. The van der Waals surface area contributed by atoms with E-state index in [-0.39, 0.29) is 5.91 Å². The van der Waals surface area contributed by atoms with Crippen LogP contribution in [0.1, 0.15) is 29.5 Å². The van der Waals surface area contributed by atoms with Gasteiger partial charge in [0.05, 0.1) is 0 Å². The number of anilines is 1. The molecule has 2 aromatic carbocycles. The number of carbonyl (C=O) groups excluding carboxylic acids is 1. The lowest BCUT2D eigenvalue weighted by Gasteiger charge is -2.16. The molecule has 130 valence electrons. The SMILES string of the molecule is O=C(/C=C/c1ccccc1)Nc1nonc1-c1ccc2c(c1)CCCC2. The van der Waals surface area contributed by atoms with E-state index in [1.54, 1.807) is 6.08 Å². The van der Waals surface area contributed by atoms with Crippen molar-refractivity contribution in [1.82, 2.24) is 10.3 Å². The summed E-state index contributed by atoms with van der Waals surface area (Å²) in [5, 5.41) is 10.6. The highest BCUT2D eigenvalue weighted by molar-refractivity contribution is 6.02. The first-order chi connectivity index (χ1) is 12.8. The summed E-state index contributed by atoms with van der Waals surface area (Å²) >= 11 is 0. The predicted molar refractivity (Wildman–Crippen MR) is 100 cm³/mol. The van der Waals surface area contributed by atoms with Crippen LogP contribution >= 0.6 is 0 Å². The van der Waals surface area contributed by atoms with Crippen molar-refractivity contribution in [2.24, 2.45) is 0 Å². The number of rotatable bonds is 4. The maximum Gasteiger partial charge on any atom is 0.249 e. The summed E-state index contributed by atoms with van der Waals surface area (Å²) in [6.07, 6.45) is 7.88. The van der Waals surface area contributed by atoms with Gasteiger partial charge in [-0.05, 0) is 64.8 Å². The molecule has 0 radical (unpaired) electrons. The van der Waals surface area contributed by atoms with Crippen molar-refractivity contribution in [3.63, 3.8) is 0 Å². The van der Waals surface area contributed by atoms with Crippen molar-refractivity contribution in [3.05, 3.63) is 71.3 Å². The summed E-state index contributed by atoms with van der Waals surface area (Å²) in [7, 11) is 0. The third-order valence-corrected chi connectivity index (χ3v) is 4.58. The summed E-state index contributed by atoms with van der Waals surface area (Å²) in [4.78, 5) is 12.2. The Morgan fingerprint density at radius 1 is 1.00 bits per heavy atom. The molecule has 26 heavy (non-hydrogen) atoms. The molecule has 0 fully saturated rings. The molecule has 3 aromatic rings. The van der Waals surface area contributed by atoms with E-state index in [4.69, 9.17) is 4.63 Å². The van der Waals surface area contributed by atoms with Crippen LogP contribution in [0.4, 0.5) is 5.82 Å². The van der Waals surface area contributed by atoms with Gasteiger partial charge in [0.2, 0.25) is 11.7 Å². The van der Waals surface area contributed by atoms with Crippen molar-refractivity contribution < 1.29 is 9.42 Å². The number of aryl methyl sites for hydroxylation is 2. The van der Waals surface area contributed by atoms with Gasteiger partial charge < -0.3 is 5.32 Å². The summed E-state index contributed by atoms with van der Waals surface area (Å²) in [5.41, 5.74) is 5.16. The van der Waals surface area contributed by atoms with E-state index in [0.717, 1.165) is 24.0 Å². The van der Waals surface area contributed by atoms with Crippen LogP contribution in [0, 0.1) is 0 Å². The quantitative estimate of drug-likeness (QED) is 0.717. The number of carbonyl (C=O) groups is 1. The van der Waals surface area contributed by atoms with E-state index in [2.05, 4.69) is 27.8 Å². The van der Waals surface area contributed by atoms with Crippen molar-refractivity contribution in [3.8, 4) is 11.3 Å². The van der Waals surface area contributed by atoms with Gasteiger partial charge in [-0.1, -0.05) is 42.5 Å². The van der Waals surface area contributed by atoms with Crippen LogP contribution in [-0.4, -0.2) is 16.2 Å². The lowest BCUT2D eigenvalue weighted by atomic mass is 9.90. The molecule has 1 aliphatic carbocycles. The van der Waals surface area contributed by atoms with E-state index >= 15 is 0 Å². The molecule has 1 aromatic heterocycles. The van der Waals surface area contributed by atoms with Crippen LogP contribution in [0.25, 0.3) is 17.3 Å². The van der Waals surface area contributed by atoms with Gasteiger partial charge in [-0.2, -0.15) is 0 Å². The molecule has 0 bridgehead atoms. The number of aromatic nitrogens is 2. The Morgan fingerprint density at radius 2 is 1.81 bits per heavy atom. The predicted octanol–water partition coefficient (Wildman–Crippen LogP) is 4.27. The molecule has 0 atom stereocenters. The van der Waals surface area contributed by atoms with Crippen molar-refractivity contribution in [2.45, 2.75) is 25.7 Å². The van der Waals surface area contributed by atoms with E-state index < -0.39 is 0 Å². The fraction of sp³-hybridized carbons (Fsp3) is 0.190. The van der Waals surface area contributed by atoms with E-state index in [0.29, 0.717) is 11.5 Å². The zero-order chi connectivity index (χ0) is 17.8. The van der Waals surface area contributed by atoms with Gasteiger partial charge in [-0.25, -0.2) is 4.63 Å². The fourth-order valence-corrected chi connectivity index (χ4v) is 3.24. The number of nitrogens with zero attached hydrogens (tertiary/aromatic N) is 2. The number of benzene rings is 2. The second-order valence-corrected chi connectivity index (χ2v) is 6.39. The first-order valence-electron chi connectivity index (χ1n) is 8.78. The zero-order valence-electron chi connectivity index (χ0n) is 14.3. The van der Waals surface area contributed by atoms with Crippen molar-refractivity contribution >= 4 is 17.8 Å². The number of fused-ring (bicyclic) bond motifs is 1. The second kappa shape index (κ2) is 7.35. The van der Waals surface area contributed by atoms with E-state index in [1.807, 2.05) is 36.4 Å². The largest absolute Gasteiger partial charge is 0.302 e. The van der Waals surface area contributed by atoms with Crippen LogP contribution in [0.3, 0.4) is 0 Å². The first kappa shape index (κ1) is 16.3. The third-order valence-electron chi connectivity index (χ3n) is 4.58. The Kier molecular flexibility index (Phi) is 4.60. The summed E-state index contributed by atoms with van der Waals surface area (Å²) in [6.45, 7) is 0. The van der Waals surface area contributed by atoms with Gasteiger partial charge in [0.15, 0.2) is 5.69 Å². The van der Waals surface area contributed by atoms with E-state index in [9.17, 15) is 4.79 Å². The molecule has 5 nitrogen and oxygen atoms in total. The summed E-state index contributed by atoms with van der Waals surface area (Å²) < 4.78 is 4.87.